The van der Waals surface area contributed by atoms with Crippen molar-refractivity contribution in [2.45, 2.75) is 27.7 Å². The Hall–Kier alpha value is -0.730. The van der Waals surface area contributed by atoms with Crippen LogP contribution in [0.3, 0.4) is 0 Å². The molecular weight excluding hydrogens is 164 g/mol. The molecular formula is C10H22N2O. The van der Waals surface area contributed by atoms with Crippen LogP contribution < -0.4 is 0 Å². The lowest BCUT2D eigenvalue weighted by Gasteiger charge is -2.17. The summed E-state index contributed by atoms with van der Waals surface area (Å²) in [5.41, 5.74) is 0. The maximum Gasteiger partial charge on any atom is 0.319 e. The maximum atomic E-state index is 11.3. The highest BCUT2D eigenvalue weighted by molar-refractivity contribution is 5.76. The highest BCUT2D eigenvalue weighted by atomic mass is 16.2. The Morgan fingerprint density at radius 2 is 1.85 bits per heavy atom. The van der Waals surface area contributed by atoms with Crippen molar-refractivity contribution in [3.05, 3.63) is 0 Å². The van der Waals surface area contributed by atoms with E-state index in [2.05, 4.69) is 13.8 Å². The summed E-state index contributed by atoms with van der Waals surface area (Å²) in [5, 5.41) is 0. The first-order valence-corrected chi connectivity index (χ1v) is 5.11. The summed E-state index contributed by atoms with van der Waals surface area (Å²) in [4.78, 5) is 15.0. The van der Waals surface area contributed by atoms with E-state index < -0.39 is 0 Å². The van der Waals surface area contributed by atoms with Crippen LogP contribution in [0.2, 0.25) is 0 Å². The fourth-order valence-corrected chi connectivity index (χ4v) is 1.31. The van der Waals surface area contributed by atoms with Gasteiger partial charge in [0.2, 0.25) is 0 Å². The molecule has 1 aliphatic heterocycles. The zero-order chi connectivity index (χ0) is 10.4. The molecule has 0 aromatic carbocycles. The lowest BCUT2D eigenvalue weighted by atomic mass is 10.2. The molecule has 0 saturated carbocycles. The van der Waals surface area contributed by atoms with Gasteiger partial charge in [0, 0.05) is 26.7 Å². The Kier molecular flexibility index (Phi) is 5.51. The predicted molar refractivity (Wildman–Crippen MR) is 55.8 cm³/mol. The van der Waals surface area contributed by atoms with Gasteiger partial charge in [0.1, 0.15) is 0 Å². The van der Waals surface area contributed by atoms with Crippen molar-refractivity contribution >= 4 is 6.03 Å². The number of nitrogens with zero attached hydrogens (tertiary/aromatic N) is 2. The molecule has 13 heavy (non-hydrogen) atoms. The van der Waals surface area contributed by atoms with Crippen molar-refractivity contribution in [2.75, 3.05) is 26.7 Å². The lowest BCUT2D eigenvalue weighted by molar-refractivity contribution is 0.194. The van der Waals surface area contributed by atoms with Crippen molar-refractivity contribution in [1.29, 1.82) is 0 Å². The fraction of sp³-hybridized carbons (Fsp3) is 0.900. The van der Waals surface area contributed by atoms with Crippen LogP contribution in [-0.2, 0) is 0 Å². The maximum absolute atomic E-state index is 11.3. The van der Waals surface area contributed by atoms with E-state index in [1.807, 2.05) is 25.8 Å². The summed E-state index contributed by atoms with van der Waals surface area (Å²) in [7, 11) is 1.85. The van der Waals surface area contributed by atoms with E-state index in [0.717, 1.165) is 19.6 Å². The number of amides is 2. The third-order valence-electron chi connectivity index (χ3n) is 1.89. The molecule has 0 N–H and O–H groups in total. The summed E-state index contributed by atoms with van der Waals surface area (Å²) in [6, 6.07) is 0.179. The molecule has 1 aliphatic rings. The van der Waals surface area contributed by atoms with E-state index in [-0.39, 0.29) is 6.03 Å². The van der Waals surface area contributed by atoms with Crippen LogP contribution in [0, 0.1) is 5.92 Å². The molecule has 0 atom stereocenters. The monoisotopic (exact) mass is 186 g/mol. The highest BCUT2D eigenvalue weighted by Crippen LogP contribution is 2.08. The molecule has 78 valence electrons. The molecule has 0 unspecified atom stereocenters. The van der Waals surface area contributed by atoms with E-state index in [0.29, 0.717) is 5.92 Å². The third-order valence-corrected chi connectivity index (χ3v) is 1.89. The molecule has 1 heterocycles. The first-order valence-electron chi connectivity index (χ1n) is 5.11. The summed E-state index contributed by atoms with van der Waals surface area (Å²) in [6.45, 7) is 10.9. The molecule has 0 aliphatic carbocycles. The second-order valence-corrected chi connectivity index (χ2v) is 3.54. The van der Waals surface area contributed by atoms with Gasteiger partial charge >= 0.3 is 6.03 Å². The number of hydrogen-bond acceptors (Lipinski definition) is 1. The fourth-order valence-electron chi connectivity index (χ4n) is 1.31. The zero-order valence-corrected chi connectivity index (χ0v) is 9.50. The number of urea groups is 1. The Morgan fingerprint density at radius 1 is 1.31 bits per heavy atom. The number of hydrogen-bond donors (Lipinski definition) is 0. The second kappa shape index (κ2) is 5.84. The molecule has 2 amide bonds. The standard InChI is InChI=1S/C8H16N2O.C2H6/c1-7(2)6-10-5-4-9(3)8(10)11;1-2/h7H,4-6H2,1-3H3;1-2H3. The van der Waals surface area contributed by atoms with E-state index in [9.17, 15) is 4.79 Å². The Labute approximate surface area is 81.7 Å². The van der Waals surface area contributed by atoms with Crippen LogP contribution in [0.5, 0.6) is 0 Å². The Bertz CT molecular complexity index is 157. The van der Waals surface area contributed by atoms with Gasteiger partial charge in [0.15, 0.2) is 0 Å². The van der Waals surface area contributed by atoms with Crippen molar-refractivity contribution in [2.24, 2.45) is 5.92 Å². The molecule has 1 fully saturated rings. The molecule has 0 radical (unpaired) electrons. The van der Waals surface area contributed by atoms with Gasteiger partial charge in [-0.15, -0.1) is 0 Å². The van der Waals surface area contributed by atoms with Crippen LogP contribution >= 0.6 is 0 Å². The van der Waals surface area contributed by atoms with Crippen molar-refractivity contribution < 1.29 is 4.79 Å². The van der Waals surface area contributed by atoms with Gasteiger partial charge in [-0.1, -0.05) is 27.7 Å². The molecule has 0 aromatic heterocycles. The molecule has 0 bridgehead atoms. The van der Waals surface area contributed by atoms with Gasteiger partial charge in [-0.3, -0.25) is 0 Å². The third kappa shape index (κ3) is 3.66. The van der Waals surface area contributed by atoms with Crippen molar-refractivity contribution in [3.63, 3.8) is 0 Å². The number of carbonyl (C=O) groups excluding carboxylic acids is 1. The van der Waals surface area contributed by atoms with Crippen LogP contribution in [-0.4, -0.2) is 42.5 Å². The smallest absolute Gasteiger partial charge is 0.319 e. The van der Waals surface area contributed by atoms with E-state index in [4.69, 9.17) is 0 Å². The minimum atomic E-state index is 0.179. The van der Waals surface area contributed by atoms with Gasteiger partial charge in [-0.05, 0) is 5.92 Å². The average Bonchev–Trinajstić information content (AvgIpc) is 2.39. The summed E-state index contributed by atoms with van der Waals surface area (Å²) >= 11 is 0. The van der Waals surface area contributed by atoms with Crippen molar-refractivity contribution in [1.82, 2.24) is 9.80 Å². The first kappa shape index (κ1) is 12.3. The van der Waals surface area contributed by atoms with Gasteiger partial charge in [-0.25, -0.2) is 4.79 Å². The van der Waals surface area contributed by atoms with E-state index in [1.165, 1.54) is 0 Å². The largest absolute Gasteiger partial charge is 0.326 e. The van der Waals surface area contributed by atoms with E-state index >= 15 is 0 Å². The number of rotatable bonds is 2. The van der Waals surface area contributed by atoms with Crippen LogP contribution in [0.25, 0.3) is 0 Å². The Morgan fingerprint density at radius 3 is 2.15 bits per heavy atom. The summed E-state index contributed by atoms with van der Waals surface area (Å²) in [5.74, 6) is 0.574. The minimum Gasteiger partial charge on any atom is -0.326 e. The summed E-state index contributed by atoms with van der Waals surface area (Å²) < 4.78 is 0. The van der Waals surface area contributed by atoms with Crippen LogP contribution in [0.1, 0.15) is 27.7 Å². The topological polar surface area (TPSA) is 23.6 Å². The van der Waals surface area contributed by atoms with Gasteiger partial charge in [-0.2, -0.15) is 0 Å². The SMILES string of the molecule is CC.CC(C)CN1CCN(C)C1=O. The normalized spacial score (nSPS) is 16.3. The predicted octanol–water partition coefficient (Wildman–Crippen LogP) is 2.04. The second-order valence-electron chi connectivity index (χ2n) is 3.54. The van der Waals surface area contributed by atoms with Gasteiger partial charge in [0.25, 0.3) is 0 Å². The quantitative estimate of drug-likeness (QED) is 0.647. The van der Waals surface area contributed by atoms with Crippen LogP contribution in [0.4, 0.5) is 4.79 Å². The zero-order valence-electron chi connectivity index (χ0n) is 9.50. The minimum absolute atomic E-state index is 0.179. The molecule has 0 spiro atoms. The molecule has 0 aromatic rings. The summed E-state index contributed by atoms with van der Waals surface area (Å²) in [6.07, 6.45) is 0. The van der Waals surface area contributed by atoms with Gasteiger partial charge in [0.05, 0.1) is 0 Å². The average molecular weight is 186 g/mol. The highest BCUT2D eigenvalue weighted by Gasteiger charge is 2.24. The first-order chi connectivity index (χ1) is 6.11. The van der Waals surface area contributed by atoms with E-state index in [1.54, 1.807) is 4.90 Å². The lowest BCUT2D eigenvalue weighted by Crippen LogP contribution is -2.32. The molecule has 3 nitrogen and oxygen atoms in total. The molecule has 1 saturated heterocycles. The molecule has 1 rings (SSSR count). The Balaban J connectivity index is 0.000000671. The van der Waals surface area contributed by atoms with Crippen molar-refractivity contribution in [3.8, 4) is 0 Å². The molecule has 3 heteroatoms. The van der Waals surface area contributed by atoms with Gasteiger partial charge < -0.3 is 9.80 Å². The number of likely N-dealkylation sites (N-methyl/N-ethyl adjacent to an activating group) is 1. The number of carbonyl (C=O) groups is 1. The van der Waals surface area contributed by atoms with Crippen LogP contribution in [0.15, 0.2) is 0 Å².